The summed E-state index contributed by atoms with van der Waals surface area (Å²) >= 11 is 6.16. The minimum Gasteiger partial charge on any atom is -0.327 e. The summed E-state index contributed by atoms with van der Waals surface area (Å²) in [6.07, 6.45) is 5.63. The summed E-state index contributed by atoms with van der Waals surface area (Å²) in [4.78, 5) is 0. The molecule has 2 rings (SSSR count). The van der Waals surface area contributed by atoms with Crippen molar-refractivity contribution < 1.29 is 4.21 Å². The Hall–Kier alpha value is -0.380. The lowest BCUT2D eigenvalue weighted by atomic mass is 9.83. The average molecular weight is 314 g/mol. The molecule has 4 unspecified atom stereocenters. The molecule has 0 amide bonds. The predicted molar refractivity (Wildman–Crippen MR) is 87.3 cm³/mol. The first-order chi connectivity index (χ1) is 9.61. The molecule has 4 heteroatoms. The van der Waals surface area contributed by atoms with E-state index in [9.17, 15) is 4.21 Å². The van der Waals surface area contributed by atoms with Gasteiger partial charge < -0.3 is 5.73 Å². The SMILES string of the molecule is CCCC1CCC(N)C(S(=O)Cc2ccccc2Cl)C1. The minimum atomic E-state index is -0.932. The Balaban J connectivity index is 2.01. The molecule has 0 bridgehead atoms. The van der Waals surface area contributed by atoms with Gasteiger partial charge in [-0.1, -0.05) is 49.6 Å². The molecule has 2 N–H and O–H groups in total. The maximum absolute atomic E-state index is 12.7. The van der Waals surface area contributed by atoms with E-state index in [1.54, 1.807) is 0 Å². The van der Waals surface area contributed by atoms with Crippen LogP contribution in [0.3, 0.4) is 0 Å². The van der Waals surface area contributed by atoms with E-state index in [0.29, 0.717) is 16.7 Å². The molecule has 0 radical (unpaired) electrons. The van der Waals surface area contributed by atoms with Crippen LogP contribution >= 0.6 is 11.6 Å². The molecule has 1 aromatic carbocycles. The van der Waals surface area contributed by atoms with Crippen molar-refractivity contribution in [3.63, 3.8) is 0 Å². The van der Waals surface area contributed by atoms with Crippen molar-refractivity contribution in [1.82, 2.24) is 0 Å². The molecule has 0 aromatic heterocycles. The van der Waals surface area contributed by atoms with E-state index in [1.807, 2.05) is 24.3 Å². The van der Waals surface area contributed by atoms with Crippen LogP contribution in [0, 0.1) is 5.92 Å². The van der Waals surface area contributed by atoms with Crippen LogP contribution in [0.25, 0.3) is 0 Å². The topological polar surface area (TPSA) is 43.1 Å². The molecule has 1 aliphatic carbocycles. The minimum absolute atomic E-state index is 0.0754. The van der Waals surface area contributed by atoms with E-state index in [-0.39, 0.29) is 11.3 Å². The van der Waals surface area contributed by atoms with Crippen molar-refractivity contribution in [3.8, 4) is 0 Å². The maximum atomic E-state index is 12.7. The number of halogens is 1. The van der Waals surface area contributed by atoms with Crippen LogP contribution < -0.4 is 5.73 Å². The molecule has 4 atom stereocenters. The summed E-state index contributed by atoms with van der Waals surface area (Å²) in [6.45, 7) is 2.21. The molecule has 112 valence electrons. The summed E-state index contributed by atoms with van der Waals surface area (Å²) in [5.41, 5.74) is 7.17. The van der Waals surface area contributed by atoms with Crippen LogP contribution in [0.5, 0.6) is 0 Å². The van der Waals surface area contributed by atoms with Crippen molar-refractivity contribution in [2.45, 2.75) is 56.1 Å². The third kappa shape index (κ3) is 4.06. The molecule has 0 heterocycles. The first-order valence-electron chi connectivity index (χ1n) is 7.48. The molecule has 0 aliphatic heterocycles. The van der Waals surface area contributed by atoms with Gasteiger partial charge >= 0.3 is 0 Å². The summed E-state index contributed by atoms with van der Waals surface area (Å²) in [6, 6.07) is 7.73. The number of benzene rings is 1. The lowest BCUT2D eigenvalue weighted by Gasteiger charge is -2.33. The fourth-order valence-electron chi connectivity index (χ4n) is 3.08. The Kier molecular flexibility index (Phi) is 6.06. The lowest BCUT2D eigenvalue weighted by Crippen LogP contribution is -2.43. The second-order valence-electron chi connectivity index (χ2n) is 5.79. The van der Waals surface area contributed by atoms with Gasteiger partial charge in [0.05, 0.1) is 11.0 Å². The number of rotatable bonds is 5. The van der Waals surface area contributed by atoms with Crippen LogP contribution in [-0.2, 0) is 16.6 Å². The largest absolute Gasteiger partial charge is 0.327 e. The van der Waals surface area contributed by atoms with Crippen molar-refractivity contribution in [2.75, 3.05) is 0 Å². The number of hydrogen-bond donors (Lipinski definition) is 1. The summed E-state index contributed by atoms with van der Waals surface area (Å²) in [7, 11) is -0.932. The van der Waals surface area contributed by atoms with Gasteiger partial charge in [-0.05, 0) is 36.8 Å². The van der Waals surface area contributed by atoms with E-state index in [1.165, 1.54) is 19.3 Å². The predicted octanol–water partition coefficient (Wildman–Crippen LogP) is 3.88. The third-order valence-electron chi connectivity index (χ3n) is 4.24. The smallest absolute Gasteiger partial charge is 0.0505 e. The Labute approximate surface area is 129 Å². The molecule has 1 aromatic rings. The highest BCUT2D eigenvalue weighted by Gasteiger charge is 2.31. The van der Waals surface area contributed by atoms with Gasteiger partial charge in [0.25, 0.3) is 0 Å². The van der Waals surface area contributed by atoms with Gasteiger partial charge in [0.1, 0.15) is 0 Å². The molecule has 20 heavy (non-hydrogen) atoms. The van der Waals surface area contributed by atoms with E-state index in [0.717, 1.165) is 18.4 Å². The van der Waals surface area contributed by atoms with Crippen LogP contribution in [-0.4, -0.2) is 15.5 Å². The lowest BCUT2D eigenvalue weighted by molar-refractivity contribution is 0.313. The average Bonchev–Trinajstić information content (AvgIpc) is 2.43. The van der Waals surface area contributed by atoms with Gasteiger partial charge in [-0.25, -0.2) is 0 Å². The molecule has 0 saturated heterocycles. The summed E-state index contributed by atoms with van der Waals surface area (Å²) in [5, 5.41) is 0.826. The molecule has 0 spiro atoms. The van der Waals surface area contributed by atoms with E-state index >= 15 is 0 Å². The highest BCUT2D eigenvalue weighted by molar-refractivity contribution is 7.84. The third-order valence-corrected chi connectivity index (χ3v) is 6.42. The van der Waals surface area contributed by atoms with Crippen molar-refractivity contribution in [3.05, 3.63) is 34.9 Å². The fraction of sp³-hybridized carbons (Fsp3) is 0.625. The summed E-state index contributed by atoms with van der Waals surface area (Å²) in [5.74, 6) is 1.22. The highest BCUT2D eigenvalue weighted by Crippen LogP contribution is 2.31. The molecular formula is C16H24ClNOS. The zero-order chi connectivity index (χ0) is 14.5. The van der Waals surface area contributed by atoms with E-state index in [2.05, 4.69) is 6.92 Å². The molecule has 2 nitrogen and oxygen atoms in total. The second-order valence-corrected chi connectivity index (χ2v) is 7.85. The van der Waals surface area contributed by atoms with Gasteiger partial charge in [-0.3, -0.25) is 4.21 Å². The van der Waals surface area contributed by atoms with Crippen LogP contribution in [0.15, 0.2) is 24.3 Å². The molecule has 1 saturated carbocycles. The Bertz CT molecular complexity index is 466. The number of hydrogen-bond acceptors (Lipinski definition) is 2. The van der Waals surface area contributed by atoms with Crippen LogP contribution in [0.4, 0.5) is 0 Å². The monoisotopic (exact) mass is 313 g/mol. The highest BCUT2D eigenvalue weighted by atomic mass is 35.5. The van der Waals surface area contributed by atoms with E-state index < -0.39 is 10.8 Å². The van der Waals surface area contributed by atoms with E-state index in [4.69, 9.17) is 17.3 Å². The normalized spacial score (nSPS) is 28.2. The molecular weight excluding hydrogens is 290 g/mol. The maximum Gasteiger partial charge on any atom is 0.0505 e. The first kappa shape index (κ1) is 16.0. The second kappa shape index (κ2) is 7.58. The van der Waals surface area contributed by atoms with Crippen molar-refractivity contribution in [2.24, 2.45) is 11.7 Å². The van der Waals surface area contributed by atoms with Gasteiger partial charge in [-0.2, -0.15) is 0 Å². The summed E-state index contributed by atoms with van der Waals surface area (Å²) < 4.78 is 12.7. The zero-order valence-electron chi connectivity index (χ0n) is 12.1. The van der Waals surface area contributed by atoms with Crippen molar-refractivity contribution in [1.29, 1.82) is 0 Å². The van der Waals surface area contributed by atoms with Gasteiger partial charge in [0.2, 0.25) is 0 Å². The van der Waals surface area contributed by atoms with Gasteiger partial charge in [-0.15, -0.1) is 0 Å². The van der Waals surface area contributed by atoms with Crippen LogP contribution in [0.2, 0.25) is 5.02 Å². The fourth-order valence-corrected chi connectivity index (χ4v) is 5.15. The van der Waals surface area contributed by atoms with Gasteiger partial charge in [0, 0.05) is 21.9 Å². The Morgan fingerprint density at radius 1 is 1.35 bits per heavy atom. The number of nitrogens with two attached hydrogens (primary N) is 1. The molecule has 1 aliphatic rings. The molecule has 1 fully saturated rings. The first-order valence-corrected chi connectivity index (χ1v) is 9.24. The zero-order valence-corrected chi connectivity index (χ0v) is 13.6. The Morgan fingerprint density at radius 2 is 2.10 bits per heavy atom. The van der Waals surface area contributed by atoms with Gasteiger partial charge in [0.15, 0.2) is 0 Å². The van der Waals surface area contributed by atoms with Crippen LogP contribution in [0.1, 0.15) is 44.6 Å². The van der Waals surface area contributed by atoms with Crippen molar-refractivity contribution >= 4 is 22.4 Å². The quantitative estimate of drug-likeness (QED) is 0.896. The Morgan fingerprint density at radius 3 is 2.80 bits per heavy atom. The standard InChI is InChI=1S/C16H24ClNOS/c1-2-5-12-8-9-15(18)16(10-12)20(19)11-13-6-3-4-7-14(13)17/h3-4,6-7,12,15-16H,2,5,8-11,18H2,1H3.